The second-order valence-corrected chi connectivity index (χ2v) is 14.0. The van der Waals surface area contributed by atoms with Crippen LogP contribution < -0.4 is 25.4 Å². The summed E-state index contributed by atoms with van der Waals surface area (Å²) in [7, 11) is 3.07. The van der Waals surface area contributed by atoms with Crippen LogP contribution in [0.4, 0.5) is 10.8 Å². The predicted octanol–water partition coefficient (Wildman–Crippen LogP) is 9.02. The molecule has 0 bridgehead atoms. The monoisotopic (exact) mass is 740 g/mol. The van der Waals surface area contributed by atoms with E-state index in [4.69, 9.17) is 14.5 Å². The molecular weight excluding hydrogens is 705 g/mol. The van der Waals surface area contributed by atoms with E-state index in [0.717, 1.165) is 26.6 Å². The number of thiazole rings is 1. The van der Waals surface area contributed by atoms with Gasteiger partial charge in [0, 0.05) is 38.2 Å². The third-order valence-electron chi connectivity index (χ3n) is 8.05. The third kappa shape index (κ3) is 9.39. The van der Waals surface area contributed by atoms with Gasteiger partial charge in [0.25, 0.3) is 11.8 Å². The Hall–Kier alpha value is -6.17. The lowest BCUT2D eigenvalue weighted by Crippen LogP contribution is -2.30. The van der Waals surface area contributed by atoms with Crippen LogP contribution in [0.15, 0.2) is 144 Å². The lowest BCUT2D eigenvalue weighted by Gasteiger charge is -2.17. The standard InChI is InChI=1S/C42H36N4O5S2/c1-27-37(28-13-7-4-8-14-28)45-42(52-27)46-41(49)38(29-15-9-5-10-16-29)53-34-23-20-32(21-24-34)43-40(48)35(44-39(47)30-17-11-6-12-18-30)25-31-19-22-33(50-2)26-36(31)51-3/h4-26,38H,1-3H3,(H,43,48)(H,44,47)(H,45,46,49)/b35-25-. The number of methoxy groups -OCH3 is 2. The maximum atomic E-state index is 13.8. The van der Waals surface area contributed by atoms with Crippen molar-refractivity contribution in [2.45, 2.75) is 17.1 Å². The van der Waals surface area contributed by atoms with Gasteiger partial charge in [-0.15, -0.1) is 23.1 Å². The molecular formula is C42H36N4O5S2. The van der Waals surface area contributed by atoms with Crippen LogP contribution in [0, 0.1) is 6.92 Å². The second-order valence-electron chi connectivity index (χ2n) is 11.7. The van der Waals surface area contributed by atoms with Crippen LogP contribution >= 0.6 is 23.1 Å². The Morgan fingerprint density at radius 3 is 2.09 bits per heavy atom. The molecule has 6 rings (SSSR count). The lowest BCUT2D eigenvalue weighted by molar-refractivity contribution is -0.116. The van der Waals surface area contributed by atoms with Crippen molar-refractivity contribution in [1.29, 1.82) is 0 Å². The van der Waals surface area contributed by atoms with Crippen LogP contribution in [0.3, 0.4) is 0 Å². The molecule has 9 nitrogen and oxygen atoms in total. The van der Waals surface area contributed by atoms with Gasteiger partial charge in [-0.1, -0.05) is 78.9 Å². The van der Waals surface area contributed by atoms with E-state index in [9.17, 15) is 14.4 Å². The first-order chi connectivity index (χ1) is 25.8. The fourth-order valence-corrected chi connectivity index (χ4v) is 7.24. The minimum absolute atomic E-state index is 0.00873. The molecule has 0 aliphatic heterocycles. The van der Waals surface area contributed by atoms with Crippen LogP contribution in [0.5, 0.6) is 11.5 Å². The van der Waals surface area contributed by atoms with E-state index in [1.807, 2.05) is 85.8 Å². The zero-order valence-corrected chi connectivity index (χ0v) is 30.8. The van der Waals surface area contributed by atoms with E-state index in [1.54, 1.807) is 67.8 Å². The Bertz CT molecular complexity index is 2230. The van der Waals surface area contributed by atoms with Crippen LogP contribution in [0.25, 0.3) is 17.3 Å². The molecule has 266 valence electrons. The molecule has 1 heterocycles. The summed E-state index contributed by atoms with van der Waals surface area (Å²) in [6.07, 6.45) is 1.55. The molecule has 0 radical (unpaired) electrons. The minimum Gasteiger partial charge on any atom is -0.497 e. The van der Waals surface area contributed by atoms with Crippen LogP contribution in [0.2, 0.25) is 0 Å². The zero-order valence-electron chi connectivity index (χ0n) is 29.2. The van der Waals surface area contributed by atoms with Crippen molar-refractivity contribution < 1.29 is 23.9 Å². The SMILES string of the molecule is COc1ccc(/C=C(\NC(=O)c2ccccc2)C(=O)Nc2ccc(SC(C(=O)Nc3nc(-c4ccccc4)c(C)s3)c3ccccc3)cc2)c(OC)c1. The molecule has 1 atom stereocenters. The quantitative estimate of drug-likeness (QED) is 0.0799. The first-order valence-electron chi connectivity index (χ1n) is 16.6. The molecule has 11 heteroatoms. The maximum absolute atomic E-state index is 13.8. The smallest absolute Gasteiger partial charge is 0.272 e. The molecule has 0 aliphatic rings. The first kappa shape index (κ1) is 36.6. The number of aryl methyl sites for hydroxylation is 1. The molecule has 3 N–H and O–H groups in total. The van der Waals surface area contributed by atoms with Crippen LogP contribution in [-0.4, -0.2) is 36.9 Å². The summed E-state index contributed by atoms with van der Waals surface area (Å²) in [6, 6.07) is 40.4. The normalized spacial score (nSPS) is 11.6. The molecule has 0 spiro atoms. The van der Waals surface area contributed by atoms with Gasteiger partial charge in [-0.2, -0.15) is 0 Å². The summed E-state index contributed by atoms with van der Waals surface area (Å²) in [5, 5.41) is 8.63. The number of rotatable bonds is 13. The van der Waals surface area contributed by atoms with Gasteiger partial charge in [-0.25, -0.2) is 4.98 Å². The van der Waals surface area contributed by atoms with Gasteiger partial charge in [0.05, 0.1) is 19.9 Å². The summed E-state index contributed by atoms with van der Waals surface area (Å²) in [6.45, 7) is 1.99. The summed E-state index contributed by atoms with van der Waals surface area (Å²) in [5.41, 5.74) is 4.13. The zero-order chi connectivity index (χ0) is 37.2. The van der Waals surface area contributed by atoms with Crippen LogP contribution in [0.1, 0.15) is 31.6 Å². The number of amides is 3. The predicted molar refractivity (Wildman–Crippen MR) is 212 cm³/mol. The number of carbonyl (C=O) groups is 3. The van der Waals surface area contributed by atoms with Gasteiger partial charge in [0.1, 0.15) is 22.4 Å². The first-order valence-corrected chi connectivity index (χ1v) is 18.3. The van der Waals surface area contributed by atoms with Gasteiger partial charge >= 0.3 is 0 Å². The number of hydrogen-bond acceptors (Lipinski definition) is 8. The van der Waals surface area contributed by atoms with Crippen molar-refractivity contribution in [3.05, 3.63) is 161 Å². The number of carbonyl (C=O) groups excluding carboxylic acids is 3. The number of nitrogens with one attached hydrogen (secondary N) is 3. The highest BCUT2D eigenvalue weighted by Gasteiger charge is 2.24. The largest absolute Gasteiger partial charge is 0.497 e. The van der Waals surface area contributed by atoms with Crippen molar-refractivity contribution in [2.75, 3.05) is 24.9 Å². The van der Waals surface area contributed by atoms with E-state index >= 15 is 0 Å². The number of nitrogens with zero attached hydrogens (tertiary/aromatic N) is 1. The summed E-state index contributed by atoms with van der Waals surface area (Å²) < 4.78 is 10.8. The van der Waals surface area contributed by atoms with Crippen molar-refractivity contribution in [1.82, 2.24) is 10.3 Å². The van der Waals surface area contributed by atoms with Gasteiger partial charge < -0.3 is 25.4 Å². The number of hydrogen-bond donors (Lipinski definition) is 3. The summed E-state index contributed by atoms with van der Waals surface area (Å²) >= 11 is 2.82. The molecule has 53 heavy (non-hydrogen) atoms. The number of benzene rings is 5. The molecule has 0 saturated carbocycles. The van der Waals surface area contributed by atoms with Crippen molar-refractivity contribution in [3.63, 3.8) is 0 Å². The number of ether oxygens (including phenoxy) is 2. The van der Waals surface area contributed by atoms with E-state index < -0.39 is 17.1 Å². The Morgan fingerprint density at radius 2 is 1.43 bits per heavy atom. The fraction of sp³-hybridized carbons (Fsp3) is 0.0952. The summed E-state index contributed by atoms with van der Waals surface area (Å²) in [5.74, 6) is -0.143. The molecule has 1 aromatic heterocycles. The molecule has 0 aliphatic carbocycles. The average Bonchev–Trinajstić information content (AvgIpc) is 3.57. The molecule has 6 aromatic rings. The molecule has 0 fully saturated rings. The maximum Gasteiger partial charge on any atom is 0.272 e. The number of aromatic nitrogens is 1. The van der Waals surface area contributed by atoms with E-state index in [0.29, 0.717) is 33.4 Å². The molecule has 0 saturated heterocycles. The van der Waals surface area contributed by atoms with Crippen molar-refractivity contribution in [3.8, 4) is 22.8 Å². The molecule has 1 unspecified atom stereocenters. The number of anilines is 2. The molecule has 3 amide bonds. The van der Waals surface area contributed by atoms with Crippen LogP contribution in [-0.2, 0) is 9.59 Å². The van der Waals surface area contributed by atoms with E-state index in [-0.39, 0.29) is 11.6 Å². The highest BCUT2D eigenvalue weighted by molar-refractivity contribution is 8.00. The van der Waals surface area contributed by atoms with E-state index in [1.165, 1.54) is 30.2 Å². The van der Waals surface area contributed by atoms with E-state index in [2.05, 4.69) is 16.0 Å². The Kier molecular flexibility index (Phi) is 12.0. The molecule has 5 aromatic carbocycles. The second kappa shape index (κ2) is 17.4. The Labute approximate surface area is 316 Å². The lowest BCUT2D eigenvalue weighted by atomic mass is 10.1. The topological polar surface area (TPSA) is 119 Å². The van der Waals surface area contributed by atoms with Gasteiger partial charge in [-0.3, -0.25) is 14.4 Å². The van der Waals surface area contributed by atoms with Crippen molar-refractivity contribution >= 4 is 57.7 Å². The van der Waals surface area contributed by atoms with Gasteiger partial charge in [0.15, 0.2) is 5.13 Å². The minimum atomic E-state index is -0.580. The highest BCUT2D eigenvalue weighted by Crippen LogP contribution is 2.38. The third-order valence-corrected chi connectivity index (χ3v) is 10.2. The average molecular weight is 741 g/mol. The highest BCUT2D eigenvalue weighted by atomic mass is 32.2. The van der Waals surface area contributed by atoms with Gasteiger partial charge in [0.2, 0.25) is 5.91 Å². The Morgan fingerprint density at radius 1 is 0.774 bits per heavy atom. The Balaban J connectivity index is 1.20. The summed E-state index contributed by atoms with van der Waals surface area (Å²) in [4.78, 5) is 47.2. The fourth-order valence-electron chi connectivity index (χ4n) is 5.37. The number of thioether (sulfide) groups is 1. The van der Waals surface area contributed by atoms with Crippen molar-refractivity contribution in [2.24, 2.45) is 0 Å². The van der Waals surface area contributed by atoms with Gasteiger partial charge in [-0.05, 0) is 67.1 Å².